The Bertz CT molecular complexity index is 1160. The molecule has 0 radical (unpaired) electrons. The first-order chi connectivity index (χ1) is 14.1. The summed E-state index contributed by atoms with van der Waals surface area (Å²) >= 11 is 5.93. The Hall–Kier alpha value is -3.71. The molecule has 2 aromatic carbocycles. The summed E-state index contributed by atoms with van der Waals surface area (Å²) < 4.78 is 7.64. The molecule has 1 N–H and O–H groups in total. The first-order valence-corrected chi connectivity index (χ1v) is 9.13. The molecular weight excluding hydrogens is 390 g/mol. The Morgan fingerprint density at radius 1 is 1.07 bits per heavy atom. The minimum absolute atomic E-state index is 0.239. The van der Waals surface area contributed by atoms with Crippen LogP contribution in [-0.4, -0.2) is 25.4 Å². The third kappa shape index (κ3) is 4.41. The molecule has 0 bridgehead atoms. The Labute approximate surface area is 172 Å². The van der Waals surface area contributed by atoms with Crippen molar-refractivity contribution in [2.24, 2.45) is 0 Å². The van der Waals surface area contributed by atoms with Crippen LogP contribution in [0.3, 0.4) is 0 Å². The third-order valence-corrected chi connectivity index (χ3v) is 4.36. The molecule has 0 aliphatic carbocycles. The van der Waals surface area contributed by atoms with Gasteiger partial charge in [0.15, 0.2) is 0 Å². The van der Waals surface area contributed by atoms with Crippen LogP contribution in [-0.2, 0) is 0 Å². The standard InChI is InChI=1S/C21H16ClN5O2/c1-14-23-9-10-27(14)19-12-20(25-13-24-19)29-18-7-5-17(6-8-18)26-21(28)15-3-2-4-16(22)11-15/h2-13H,1H3,(H,26,28). The zero-order valence-corrected chi connectivity index (χ0v) is 16.2. The van der Waals surface area contributed by atoms with Gasteiger partial charge >= 0.3 is 0 Å². The average Bonchev–Trinajstić information content (AvgIpc) is 3.16. The Morgan fingerprint density at radius 2 is 1.90 bits per heavy atom. The predicted octanol–water partition coefficient (Wildman–Crippen LogP) is 4.67. The number of rotatable bonds is 5. The number of aromatic nitrogens is 4. The molecule has 4 aromatic rings. The van der Waals surface area contributed by atoms with Crippen molar-refractivity contribution in [1.82, 2.24) is 19.5 Å². The molecule has 2 aromatic heterocycles. The van der Waals surface area contributed by atoms with E-state index in [0.717, 1.165) is 5.82 Å². The second-order valence-electron chi connectivity index (χ2n) is 6.15. The molecule has 0 spiro atoms. The number of nitrogens with one attached hydrogen (secondary N) is 1. The zero-order valence-electron chi connectivity index (χ0n) is 15.4. The van der Waals surface area contributed by atoms with E-state index in [1.54, 1.807) is 60.8 Å². The molecule has 29 heavy (non-hydrogen) atoms. The van der Waals surface area contributed by atoms with E-state index in [1.165, 1.54) is 6.33 Å². The first kappa shape index (κ1) is 18.6. The smallest absolute Gasteiger partial charge is 0.255 e. The topological polar surface area (TPSA) is 81.9 Å². The summed E-state index contributed by atoms with van der Waals surface area (Å²) in [6.45, 7) is 1.89. The van der Waals surface area contributed by atoms with E-state index < -0.39 is 0 Å². The molecule has 0 aliphatic heterocycles. The van der Waals surface area contributed by atoms with Crippen molar-refractivity contribution in [1.29, 1.82) is 0 Å². The molecule has 0 saturated carbocycles. The number of hydrogen-bond donors (Lipinski definition) is 1. The lowest BCUT2D eigenvalue weighted by atomic mass is 10.2. The highest BCUT2D eigenvalue weighted by molar-refractivity contribution is 6.31. The zero-order chi connectivity index (χ0) is 20.2. The van der Waals surface area contributed by atoms with Gasteiger partial charge < -0.3 is 10.1 Å². The van der Waals surface area contributed by atoms with Gasteiger partial charge in [0.05, 0.1) is 0 Å². The van der Waals surface area contributed by atoms with Gasteiger partial charge in [-0.15, -0.1) is 0 Å². The molecule has 8 heteroatoms. The van der Waals surface area contributed by atoms with Gasteiger partial charge in [-0.1, -0.05) is 17.7 Å². The summed E-state index contributed by atoms with van der Waals surface area (Å²) in [5.41, 5.74) is 1.13. The van der Waals surface area contributed by atoms with Crippen LogP contribution >= 0.6 is 11.6 Å². The molecule has 0 fully saturated rings. The predicted molar refractivity (Wildman–Crippen MR) is 110 cm³/mol. The van der Waals surface area contributed by atoms with E-state index in [-0.39, 0.29) is 5.91 Å². The summed E-state index contributed by atoms with van der Waals surface area (Å²) in [5.74, 6) is 2.22. The largest absolute Gasteiger partial charge is 0.439 e. The lowest BCUT2D eigenvalue weighted by Gasteiger charge is -2.09. The minimum atomic E-state index is -0.239. The maximum absolute atomic E-state index is 12.3. The average molecular weight is 406 g/mol. The van der Waals surface area contributed by atoms with Gasteiger partial charge in [-0.2, -0.15) is 0 Å². The molecule has 0 unspecified atom stereocenters. The van der Waals surface area contributed by atoms with Crippen molar-refractivity contribution in [3.05, 3.63) is 89.7 Å². The van der Waals surface area contributed by atoms with Crippen LogP contribution in [0.25, 0.3) is 5.82 Å². The second-order valence-corrected chi connectivity index (χ2v) is 6.59. The van der Waals surface area contributed by atoms with Gasteiger partial charge in [-0.3, -0.25) is 9.36 Å². The minimum Gasteiger partial charge on any atom is -0.439 e. The number of carbonyl (C=O) groups excluding carboxylic acids is 1. The van der Waals surface area contributed by atoms with Crippen molar-refractivity contribution in [2.75, 3.05) is 5.32 Å². The van der Waals surface area contributed by atoms with Crippen LogP contribution in [0.1, 0.15) is 16.2 Å². The SMILES string of the molecule is Cc1nccn1-c1cc(Oc2ccc(NC(=O)c3cccc(Cl)c3)cc2)ncn1. The van der Waals surface area contributed by atoms with Crippen LogP contribution < -0.4 is 10.1 Å². The third-order valence-electron chi connectivity index (χ3n) is 4.12. The number of benzene rings is 2. The fraction of sp³-hybridized carbons (Fsp3) is 0.0476. The second kappa shape index (κ2) is 8.12. The van der Waals surface area contributed by atoms with Crippen LogP contribution in [0.2, 0.25) is 5.02 Å². The van der Waals surface area contributed by atoms with Crippen LogP contribution in [0.15, 0.2) is 73.3 Å². The number of ether oxygens (including phenoxy) is 1. The number of halogens is 1. The van der Waals surface area contributed by atoms with Gasteiger partial charge in [0.25, 0.3) is 5.91 Å². The number of amides is 1. The molecule has 4 rings (SSSR count). The van der Waals surface area contributed by atoms with E-state index >= 15 is 0 Å². The number of hydrogen-bond acceptors (Lipinski definition) is 5. The molecule has 0 aliphatic rings. The fourth-order valence-electron chi connectivity index (χ4n) is 2.70. The number of nitrogens with zero attached hydrogens (tertiary/aromatic N) is 4. The molecule has 7 nitrogen and oxygen atoms in total. The highest BCUT2D eigenvalue weighted by atomic mass is 35.5. The Kier molecular flexibility index (Phi) is 5.22. The van der Waals surface area contributed by atoms with Gasteiger partial charge in [0.2, 0.25) is 5.88 Å². The van der Waals surface area contributed by atoms with Crippen molar-refractivity contribution < 1.29 is 9.53 Å². The maximum atomic E-state index is 12.3. The lowest BCUT2D eigenvalue weighted by molar-refractivity contribution is 0.102. The summed E-state index contributed by atoms with van der Waals surface area (Å²) in [5, 5.41) is 3.33. The van der Waals surface area contributed by atoms with Crippen molar-refractivity contribution >= 4 is 23.2 Å². The summed E-state index contributed by atoms with van der Waals surface area (Å²) in [6, 6.07) is 15.5. The van der Waals surface area contributed by atoms with Crippen molar-refractivity contribution in [3.63, 3.8) is 0 Å². The summed E-state index contributed by atoms with van der Waals surface area (Å²) in [4.78, 5) is 24.9. The highest BCUT2D eigenvalue weighted by Crippen LogP contribution is 2.23. The van der Waals surface area contributed by atoms with E-state index in [2.05, 4.69) is 20.3 Å². The van der Waals surface area contributed by atoms with Crippen LogP contribution in [0, 0.1) is 6.92 Å². The summed E-state index contributed by atoms with van der Waals surface area (Å²) in [6.07, 6.45) is 4.96. The Balaban J connectivity index is 1.45. The normalized spacial score (nSPS) is 10.6. The number of carbonyl (C=O) groups is 1. The lowest BCUT2D eigenvalue weighted by Crippen LogP contribution is -2.11. The van der Waals surface area contributed by atoms with Gasteiger partial charge in [-0.05, 0) is 49.4 Å². The number of aryl methyl sites for hydroxylation is 1. The fourth-order valence-corrected chi connectivity index (χ4v) is 2.89. The molecule has 2 heterocycles. The summed E-state index contributed by atoms with van der Waals surface area (Å²) in [7, 11) is 0. The molecule has 0 atom stereocenters. The van der Waals surface area contributed by atoms with Crippen molar-refractivity contribution in [2.45, 2.75) is 6.92 Å². The van der Waals surface area contributed by atoms with E-state index in [4.69, 9.17) is 16.3 Å². The van der Waals surface area contributed by atoms with Gasteiger partial charge in [0, 0.05) is 34.7 Å². The molecule has 0 saturated heterocycles. The van der Waals surface area contributed by atoms with Gasteiger partial charge in [-0.25, -0.2) is 15.0 Å². The van der Waals surface area contributed by atoms with Crippen molar-refractivity contribution in [3.8, 4) is 17.4 Å². The monoisotopic (exact) mass is 405 g/mol. The molecular formula is C21H16ClN5O2. The number of anilines is 1. The van der Waals surface area contributed by atoms with Crippen LogP contribution in [0.4, 0.5) is 5.69 Å². The molecule has 144 valence electrons. The maximum Gasteiger partial charge on any atom is 0.255 e. The number of imidazole rings is 1. The quantitative estimate of drug-likeness (QED) is 0.521. The van der Waals surface area contributed by atoms with E-state index in [9.17, 15) is 4.79 Å². The molecule has 1 amide bonds. The van der Waals surface area contributed by atoms with E-state index in [0.29, 0.717) is 33.7 Å². The van der Waals surface area contributed by atoms with Gasteiger partial charge in [0.1, 0.15) is 23.7 Å². The first-order valence-electron chi connectivity index (χ1n) is 8.76. The highest BCUT2D eigenvalue weighted by Gasteiger charge is 2.08. The van der Waals surface area contributed by atoms with Crippen LogP contribution in [0.5, 0.6) is 11.6 Å². The Morgan fingerprint density at radius 3 is 2.62 bits per heavy atom. The van der Waals surface area contributed by atoms with E-state index in [1.807, 2.05) is 17.7 Å².